The topological polar surface area (TPSA) is 88.6 Å². The van der Waals surface area contributed by atoms with Crippen molar-refractivity contribution >= 4 is 18.0 Å². The van der Waals surface area contributed by atoms with E-state index in [1.54, 1.807) is 0 Å². The molecular weight excluding hydrogens is 811 g/mol. The molecule has 0 spiro atoms. The fourth-order valence-corrected chi connectivity index (χ4v) is 8.67. The van der Waals surface area contributed by atoms with Gasteiger partial charge in [-0.1, -0.05) is 189 Å². The largest absolute Gasteiger partial charge is 0.462 e. The number of likely N-dealkylation sites (N-methyl/N-ethyl adjacent to an activating group) is 1. The van der Waals surface area contributed by atoms with E-state index < -0.39 is 0 Å². The van der Waals surface area contributed by atoms with Crippen molar-refractivity contribution in [3.05, 3.63) is 0 Å². The molecule has 0 atom stereocenters. The molecule has 0 unspecified atom stereocenters. The molecule has 0 aliphatic rings. The zero-order valence-electron chi connectivity index (χ0n) is 44.6. The minimum Gasteiger partial charge on any atom is -0.462 e. The van der Waals surface area contributed by atoms with Crippen molar-refractivity contribution in [3.8, 4) is 0 Å². The monoisotopic (exact) mass is 922 g/mol. The van der Waals surface area contributed by atoms with Gasteiger partial charge in [0.2, 0.25) is 0 Å². The summed E-state index contributed by atoms with van der Waals surface area (Å²) in [6.07, 6.45) is 42.7. The van der Waals surface area contributed by atoms with Crippen LogP contribution in [0.1, 0.15) is 285 Å². The first-order valence-corrected chi connectivity index (χ1v) is 28.4. The Morgan fingerprint density at radius 2 is 0.708 bits per heavy atom. The van der Waals surface area contributed by atoms with Gasteiger partial charge in [-0.25, -0.2) is 14.8 Å². The predicted octanol–water partition coefficient (Wildman–Crippen LogP) is 16.3. The van der Waals surface area contributed by atoms with Crippen molar-refractivity contribution in [3.63, 3.8) is 0 Å². The molecule has 386 valence electrons. The third-order valence-corrected chi connectivity index (χ3v) is 13.0. The normalized spacial score (nSPS) is 11.7. The minimum absolute atomic E-state index is 0.00373. The summed E-state index contributed by atoms with van der Waals surface area (Å²) in [7, 11) is 4.19. The van der Waals surface area contributed by atoms with Crippen molar-refractivity contribution in [1.29, 1.82) is 0 Å². The van der Waals surface area contributed by atoms with Crippen molar-refractivity contribution in [1.82, 2.24) is 14.9 Å². The highest BCUT2D eigenvalue weighted by molar-refractivity contribution is 5.69. The summed E-state index contributed by atoms with van der Waals surface area (Å²) in [4.78, 5) is 41.3. The quantitative estimate of drug-likeness (QED) is 0.0258. The Bertz CT molecular complexity index is 1020. The van der Waals surface area contributed by atoms with Crippen LogP contribution in [0.25, 0.3) is 0 Å². The first-order chi connectivity index (χ1) is 31.7. The Balaban J connectivity index is 4.88. The highest BCUT2D eigenvalue weighted by atomic mass is 16.6. The molecule has 0 aromatic carbocycles. The summed E-state index contributed by atoms with van der Waals surface area (Å²) in [5.74, 6) is -0.00957. The van der Waals surface area contributed by atoms with Gasteiger partial charge in [-0.2, -0.15) is 0 Å². The lowest BCUT2D eigenvalue weighted by Crippen LogP contribution is -2.50. The Morgan fingerprint density at radius 3 is 1.09 bits per heavy atom. The molecule has 0 N–H and O–H groups in total. The maximum atomic E-state index is 13.6. The van der Waals surface area contributed by atoms with E-state index >= 15 is 0 Å². The summed E-state index contributed by atoms with van der Waals surface area (Å²) in [5, 5.41) is 4.17. The van der Waals surface area contributed by atoms with E-state index in [2.05, 4.69) is 58.6 Å². The van der Waals surface area contributed by atoms with Gasteiger partial charge < -0.3 is 19.1 Å². The molecule has 0 aromatic rings. The summed E-state index contributed by atoms with van der Waals surface area (Å²) >= 11 is 0. The Morgan fingerprint density at radius 1 is 0.369 bits per heavy atom. The van der Waals surface area contributed by atoms with Crippen LogP contribution in [0.5, 0.6) is 0 Å². The van der Waals surface area contributed by atoms with Gasteiger partial charge in [-0.15, -0.1) is 0 Å². The Labute approximate surface area is 404 Å². The second kappa shape index (κ2) is 48.6. The molecule has 65 heavy (non-hydrogen) atoms. The van der Waals surface area contributed by atoms with Gasteiger partial charge >= 0.3 is 18.0 Å². The SMILES string of the molecule is CCCCCCOC(=O)N(CCCCCCCCCC(=O)OC(CCCCCC)CCCCCC)N(CCCCCCCCC(=O)OC(CCCCCC)CCCCCC)CCN(C)C. The van der Waals surface area contributed by atoms with Crippen molar-refractivity contribution in [2.45, 2.75) is 297 Å². The second-order valence-electron chi connectivity index (χ2n) is 19.8. The molecule has 0 aliphatic heterocycles. The van der Waals surface area contributed by atoms with Crippen LogP contribution in [0.4, 0.5) is 4.79 Å². The average molecular weight is 923 g/mol. The highest BCUT2D eigenvalue weighted by Crippen LogP contribution is 2.20. The molecule has 0 fully saturated rings. The minimum atomic E-state index is -0.202. The molecular formula is C56H111N3O6. The Kier molecular flexibility index (Phi) is 47.2. The molecule has 0 bridgehead atoms. The molecule has 0 aromatic heterocycles. The number of nitrogens with zero attached hydrogens (tertiary/aromatic N) is 3. The van der Waals surface area contributed by atoms with Crippen LogP contribution in [-0.4, -0.2) is 92.0 Å². The number of amides is 1. The molecule has 1 amide bonds. The van der Waals surface area contributed by atoms with Gasteiger partial charge in [-0.05, 0) is 97.6 Å². The summed E-state index contributed by atoms with van der Waals surface area (Å²) < 4.78 is 17.9. The molecule has 0 aliphatic carbocycles. The lowest BCUT2D eigenvalue weighted by Gasteiger charge is -2.35. The Hall–Kier alpha value is -1.87. The highest BCUT2D eigenvalue weighted by Gasteiger charge is 2.23. The number of hydrogen-bond acceptors (Lipinski definition) is 8. The van der Waals surface area contributed by atoms with Crippen molar-refractivity contribution < 1.29 is 28.6 Å². The van der Waals surface area contributed by atoms with Crippen LogP contribution in [0.15, 0.2) is 0 Å². The van der Waals surface area contributed by atoms with Gasteiger partial charge in [0, 0.05) is 39.0 Å². The number of carbonyl (C=O) groups excluding carboxylic acids is 3. The van der Waals surface area contributed by atoms with E-state index in [0.29, 0.717) is 26.0 Å². The summed E-state index contributed by atoms with van der Waals surface area (Å²) in [5.41, 5.74) is 0. The summed E-state index contributed by atoms with van der Waals surface area (Å²) in [6, 6.07) is 0. The number of esters is 2. The van der Waals surface area contributed by atoms with Gasteiger partial charge in [0.05, 0.1) is 6.61 Å². The van der Waals surface area contributed by atoms with Gasteiger partial charge in [0.25, 0.3) is 0 Å². The lowest BCUT2D eigenvalue weighted by atomic mass is 10.0. The molecule has 0 rings (SSSR count). The fraction of sp³-hybridized carbons (Fsp3) is 0.946. The summed E-state index contributed by atoms with van der Waals surface area (Å²) in [6.45, 7) is 14.8. The zero-order valence-corrected chi connectivity index (χ0v) is 44.6. The van der Waals surface area contributed by atoms with E-state index in [1.165, 1.54) is 83.5 Å². The van der Waals surface area contributed by atoms with Crippen LogP contribution in [0, 0.1) is 0 Å². The third-order valence-electron chi connectivity index (χ3n) is 13.0. The van der Waals surface area contributed by atoms with Gasteiger partial charge in [0.15, 0.2) is 0 Å². The average Bonchev–Trinajstić information content (AvgIpc) is 3.29. The van der Waals surface area contributed by atoms with E-state index in [4.69, 9.17) is 14.2 Å². The van der Waals surface area contributed by atoms with E-state index in [1.807, 2.05) is 5.01 Å². The maximum Gasteiger partial charge on any atom is 0.424 e. The number of hydrogen-bond donors (Lipinski definition) is 0. The fourth-order valence-electron chi connectivity index (χ4n) is 8.67. The lowest BCUT2D eigenvalue weighted by molar-refractivity contribution is -0.151. The van der Waals surface area contributed by atoms with Crippen LogP contribution >= 0.6 is 0 Å². The van der Waals surface area contributed by atoms with E-state index in [-0.39, 0.29) is 30.2 Å². The maximum absolute atomic E-state index is 13.6. The smallest absolute Gasteiger partial charge is 0.424 e. The predicted molar refractivity (Wildman–Crippen MR) is 276 cm³/mol. The van der Waals surface area contributed by atoms with Crippen molar-refractivity contribution in [2.75, 3.05) is 46.9 Å². The van der Waals surface area contributed by atoms with Gasteiger partial charge in [0.1, 0.15) is 12.2 Å². The zero-order chi connectivity index (χ0) is 47.9. The molecule has 0 radical (unpaired) electrons. The number of rotatable bonds is 50. The van der Waals surface area contributed by atoms with Crippen LogP contribution in [0.3, 0.4) is 0 Å². The van der Waals surface area contributed by atoms with Crippen LogP contribution < -0.4 is 0 Å². The second-order valence-corrected chi connectivity index (χ2v) is 19.8. The molecule has 0 heterocycles. The molecule has 9 heteroatoms. The third kappa shape index (κ3) is 42.0. The molecule has 9 nitrogen and oxygen atoms in total. The number of unbranched alkanes of at least 4 members (excludes halogenated alkanes) is 26. The molecule has 0 saturated carbocycles. The molecule has 0 saturated heterocycles. The first-order valence-electron chi connectivity index (χ1n) is 28.4. The standard InChI is InChI=1S/C56H111N3O6/c1-8-13-18-32-41-52(42-33-19-14-9-2)64-54(60)45-36-28-24-23-26-31-39-48-59(56(62)63-51-40-22-17-12-5)58(50-49-57(6)7)47-38-30-27-25-29-37-46-55(61)65-53(43-34-20-15-10-3)44-35-21-16-11-4/h52-53H,8-51H2,1-7H3. The van der Waals surface area contributed by atoms with Crippen LogP contribution in [-0.2, 0) is 23.8 Å². The number of ether oxygens (including phenoxy) is 3. The number of hydrazine groups is 1. The van der Waals surface area contributed by atoms with E-state index in [0.717, 1.165) is 174 Å². The van der Waals surface area contributed by atoms with Crippen molar-refractivity contribution in [2.24, 2.45) is 0 Å². The van der Waals surface area contributed by atoms with Gasteiger partial charge in [-0.3, -0.25) is 9.59 Å². The van der Waals surface area contributed by atoms with Crippen LogP contribution in [0.2, 0.25) is 0 Å². The van der Waals surface area contributed by atoms with E-state index in [9.17, 15) is 14.4 Å². The number of carbonyl (C=O) groups is 3. The first kappa shape index (κ1) is 63.1.